The number of hydrogen-bond donors (Lipinski definition) is 1. The van der Waals surface area contributed by atoms with Gasteiger partial charge in [-0.2, -0.15) is 0 Å². The highest BCUT2D eigenvalue weighted by molar-refractivity contribution is 5.54. The van der Waals surface area contributed by atoms with Gasteiger partial charge in [0.1, 0.15) is 6.34 Å². The van der Waals surface area contributed by atoms with E-state index in [0.29, 0.717) is 6.04 Å². The van der Waals surface area contributed by atoms with E-state index in [2.05, 4.69) is 24.5 Å². The lowest BCUT2D eigenvalue weighted by atomic mass is 10.4. The first kappa shape index (κ1) is 6.35. The van der Waals surface area contributed by atoms with E-state index in [1.54, 1.807) is 16.5 Å². The zero-order valence-corrected chi connectivity index (χ0v) is 6.00. The van der Waals surface area contributed by atoms with Crippen molar-refractivity contribution in [3.05, 3.63) is 0 Å². The Morgan fingerprint density at radius 1 is 1.56 bits per heavy atom. The standard InChI is InChI=1S/C5H12N4/c1-5(2)9-6-4-8(3)7-9/h4-5,7H,1-3H3. The number of hydrogen-bond acceptors (Lipinski definition) is 4. The van der Waals surface area contributed by atoms with Crippen molar-refractivity contribution in [2.24, 2.45) is 5.10 Å². The smallest absolute Gasteiger partial charge is 0.128 e. The minimum Gasteiger partial charge on any atom is -0.281 e. The molecule has 0 radical (unpaired) electrons. The maximum Gasteiger partial charge on any atom is 0.128 e. The van der Waals surface area contributed by atoms with Crippen LogP contribution >= 0.6 is 0 Å². The van der Waals surface area contributed by atoms with E-state index in [4.69, 9.17) is 0 Å². The molecule has 0 fully saturated rings. The molecule has 0 unspecified atom stereocenters. The Kier molecular flexibility index (Phi) is 1.57. The van der Waals surface area contributed by atoms with Gasteiger partial charge < -0.3 is 0 Å². The van der Waals surface area contributed by atoms with Crippen molar-refractivity contribution in [1.82, 2.24) is 15.7 Å². The Bertz CT molecular complexity index is 120. The van der Waals surface area contributed by atoms with Crippen molar-refractivity contribution in [3.63, 3.8) is 0 Å². The summed E-state index contributed by atoms with van der Waals surface area (Å²) in [6.07, 6.45) is 1.74. The van der Waals surface area contributed by atoms with E-state index in [1.807, 2.05) is 7.05 Å². The Morgan fingerprint density at radius 3 is 2.44 bits per heavy atom. The molecule has 0 spiro atoms. The third-order valence-electron chi connectivity index (χ3n) is 1.10. The minimum absolute atomic E-state index is 0.409. The second-order valence-electron chi connectivity index (χ2n) is 2.38. The van der Waals surface area contributed by atoms with E-state index in [-0.39, 0.29) is 0 Å². The molecule has 1 aliphatic heterocycles. The molecule has 0 aromatic carbocycles. The molecule has 4 heteroatoms. The molecule has 1 N–H and O–H groups in total. The molecular weight excluding hydrogens is 116 g/mol. The molecule has 0 bridgehead atoms. The van der Waals surface area contributed by atoms with Gasteiger partial charge >= 0.3 is 0 Å². The van der Waals surface area contributed by atoms with Crippen LogP contribution < -0.4 is 5.53 Å². The van der Waals surface area contributed by atoms with Gasteiger partial charge in [0, 0.05) is 7.05 Å². The average molecular weight is 128 g/mol. The van der Waals surface area contributed by atoms with Crippen molar-refractivity contribution in [2.45, 2.75) is 19.9 Å². The number of hydrazone groups is 1. The van der Waals surface area contributed by atoms with Crippen LogP contribution in [-0.2, 0) is 0 Å². The summed E-state index contributed by atoms with van der Waals surface area (Å²) < 4.78 is 0. The predicted octanol–water partition coefficient (Wildman–Crippen LogP) is 0.00510. The van der Waals surface area contributed by atoms with Gasteiger partial charge in [-0.3, -0.25) is 5.01 Å². The summed E-state index contributed by atoms with van der Waals surface area (Å²) in [4.78, 5) is 0. The number of hydrazine groups is 2. The van der Waals surface area contributed by atoms with Crippen LogP contribution in [0, 0.1) is 0 Å². The molecule has 0 saturated carbocycles. The predicted molar refractivity (Wildman–Crippen MR) is 36.4 cm³/mol. The Labute approximate surface area is 55.1 Å². The van der Waals surface area contributed by atoms with Gasteiger partial charge in [-0.05, 0) is 13.8 Å². The first-order valence-corrected chi connectivity index (χ1v) is 3.02. The van der Waals surface area contributed by atoms with Crippen molar-refractivity contribution >= 4 is 6.34 Å². The second kappa shape index (κ2) is 2.23. The molecule has 1 rings (SSSR count). The van der Waals surface area contributed by atoms with Gasteiger partial charge in [0.15, 0.2) is 0 Å². The van der Waals surface area contributed by atoms with Gasteiger partial charge in [0.05, 0.1) is 6.04 Å². The number of nitrogens with zero attached hydrogens (tertiary/aromatic N) is 3. The van der Waals surface area contributed by atoms with Crippen LogP contribution in [0.15, 0.2) is 5.10 Å². The van der Waals surface area contributed by atoms with Crippen molar-refractivity contribution < 1.29 is 0 Å². The van der Waals surface area contributed by atoms with Crippen molar-refractivity contribution in [3.8, 4) is 0 Å². The summed E-state index contributed by atoms with van der Waals surface area (Å²) >= 11 is 0. The minimum atomic E-state index is 0.409. The quantitative estimate of drug-likeness (QED) is 0.539. The first-order valence-electron chi connectivity index (χ1n) is 3.02. The lowest BCUT2D eigenvalue weighted by Gasteiger charge is -2.19. The molecule has 0 amide bonds. The third kappa shape index (κ3) is 1.32. The van der Waals surface area contributed by atoms with Gasteiger partial charge in [0.2, 0.25) is 0 Å². The summed E-state index contributed by atoms with van der Waals surface area (Å²) in [7, 11) is 1.91. The average Bonchev–Trinajstić information content (AvgIpc) is 2.14. The molecule has 1 aliphatic rings. The highest BCUT2D eigenvalue weighted by Crippen LogP contribution is 1.97. The van der Waals surface area contributed by atoms with Gasteiger partial charge in [0.25, 0.3) is 0 Å². The molecule has 0 saturated heterocycles. The normalized spacial score (nSPS) is 18.2. The molecule has 0 aromatic rings. The second-order valence-corrected chi connectivity index (χ2v) is 2.38. The topological polar surface area (TPSA) is 30.9 Å². The first-order chi connectivity index (χ1) is 4.20. The fraction of sp³-hybridized carbons (Fsp3) is 0.800. The molecule has 0 atom stereocenters. The van der Waals surface area contributed by atoms with Crippen molar-refractivity contribution in [1.29, 1.82) is 0 Å². The van der Waals surface area contributed by atoms with Crippen LogP contribution in [0.25, 0.3) is 0 Å². The van der Waals surface area contributed by atoms with Crippen LogP contribution in [0.5, 0.6) is 0 Å². The van der Waals surface area contributed by atoms with Gasteiger partial charge in [-0.15, -0.1) is 10.6 Å². The summed E-state index contributed by atoms with van der Waals surface area (Å²) in [5.41, 5.74) is 3.00. The van der Waals surface area contributed by atoms with Crippen LogP contribution in [0.3, 0.4) is 0 Å². The summed E-state index contributed by atoms with van der Waals surface area (Å²) in [5, 5.41) is 7.64. The monoisotopic (exact) mass is 128 g/mol. The largest absolute Gasteiger partial charge is 0.281 e. The molecule has 1 heterocycles. The SMILES string of the molecule is CC(C)N1N=CN(C)N1. The van der Waals surface area contributed by atoms with Gasteiger partial charge in [-0.25, -0.2) is 5.12 Å². The molecule has 52 valence electrons. The van der Waals surface area contributed by atoms with Crippen LogP contribution in [0.1, 0.15) is 13.8 Å². The van der Waals surface area contributed by atoms with E-state index < -0.39 is 0 Å². The molecular formula is C5H12N4. The third-order valence-corrected chi connectivity index (χ3v) is 1.10. The van der Waals surface area contributed by atoms with E-state index >= 15 is 0 Å². The highest BCUT2D eigenvalue weighted by atomic mass is 15.9. The summed E-state index contributed by atoms with van der Waals surface area (Å²) in [5.74, 6) is 0. The fourth-order valence-electron chi connectivity index (χ4n) is 0.595. The lowest BCUT2D eigenvalue weighted by Crippen LogP contribution is -2.41. The van der Waals surface area contributed by atoms with Crippen LogP contribution in [-0.4, -0.2) is 29.6 Å². The molecule has 4 nitrogen and oxygen atoms in total. The summed E-state index contributed by atoms with van der Waals surface area (Å²) in [6.45, 7) is 4.15. The maximum absolute atomic E-state index is 4.04. The molecule has 0 aliphatic carbocycles. The van der Waals surface area contributed by atoms with Crippen molar-refractivity contribution in [2.75, 3.05) is 7.05 Å². The van der Waals surface area contributed by atoms with Crippen LogP contribution in [0.4, 0.5) is 0 Å². The zero-order valence-electron chi connectivity index (χ0n) is 6.00. The zero-order chi connectivity index (χ0) is 6.85. The molecule has 0 aromatic heterocycles. The summed E-state index contributed by atoms with van der Waals surface area (Å²) in [6, 6.07) is 0.409. The highest BCUT2D eigenvalue weighted by Gasteiger charge is 2.10. The number of rotatable bonds is 1. The fourth-order valence-corrected chi connectivity index (χ4v) is 0.595. The van der Waals surface area contributed by atoms with Crippen LogP contribution in [0.2, 0.25) is 0 Å². The lowest BCUT2D eigenvalue weighted by molar-refractivity contribution is 0.0971. The number of nitrogens with one attached hydrogen (secondary N) is 1. The van der Waals surface area contributed by atoms with E-state index in [0.717, 1.165) is 0 Å². The Balaban J connectivity index is 2.41. The van der Waals surface area contributed by atoms with E-state index in [1.165, 1.54) is 0 Å². The Morgan fingerprint density at radius 2 is 2.22 bits per heavy atom. The Hall–Kier alpha value is -0.770. The maximum atomic E-state index is 4.04. The van der Waals surface area contributed by atoms with Gasteiger partial charge in [-0.1, -0.05) is 0 Å². The molecule has 9 heavy (non-hydrogen) atoms. The van der Waals surface area contributed by atoms with E-state index in [9.17, 15) is 0 Å².